The molecule has 2 fully saturated rings. The van der Waals surface area contributed by atoms with Gasteiger partial charge in [-0.3, -0.25) is 4.90 Å². The van der Waals surface area contributed by atoms with Crippen molar-refractivity contribution >= 4 is 9.84 Å². The first kappa shape index (κ1) is 13.3. The molecule has 5 nitrogen and oxygen atoms in total. The van der Waals surface area contributed by atoms with Crippen LogP contribution in [-0.4, -0.2) is 67.9 Å². The Balaban J connectivity index is 1.89. The largest absolute Gasteiger partial charge is 0.390 e. The lowest BCUT2D eigenvalue weighted by atomic mass is 10.0. The van der Waals surface area contributed by atoms with Crippen LogP contribution < -0.4 is 0 Å². The lowest BCUT2D eigenvalue weighted by molar-refractivity contribution is -0.00896. The zero-order valence-electron chi connectivity index (χ0n) is 10.2. The van der Waals surface area contributed by atoms with Crippen LogP contribution >= 0.6 is 0 Å². The molecule has 2 heterocycles. The van der Waals surface area contributed by atoms with E-state index in [0.717, 1.165) is 32.5 Å². The van der Waals surface area contributed by atoms with E-state index in [4.69, 9.17) is 4.74 Å². The molecular weight excluding hydrogens is 242 g/mol. The normalized spacial score (nSPS) is 35.2. The first-order valence-electron chi connectivity index (χ1n) is 6.26. The van der Waals surface area contributed by atoms with E-state index >= 15 is 0 Å². The number of ether oxygens (including phenoxy) is 1. The van der Waals surface area contributed by atoms with E-state index < -0.39 is 15.9 Å². The molecule has 0 aliphatic carbocycles. The fourth-order valence-electron chi connectivity index (χ4n) is 2.77. The smallest absolute Gasteiger partial charge is 0.154 e. The van der Waals surface area contributed by atoms with Crippen molar-refractivity contribution in [1.29, 1.82) is 0 Å². The molecule has 1 N–H and O–H groups in total. The molecule has 0 aromatic carbocycles. The number of sulfone groups is 1. The van der Waals surface area contributed by atoms with Crippen molar-refractivity contribution in [1.82, 2.24) is 4.90 Å². The molecule has 2 aliphatic heterocycles. The van der Waals surface area contributed by atoms with Crippen molar-refractivity contribution in [2.24, 2.45) is 0 Å². The summed E-state index contributed by atoms with van der Waals surface area (Å²) in [6.45, 7) is 4.36. The first-order valence-corrected chi connectivity index (χ1v) is 8.08. The summed E-state index contributed by atoms with van der Waals surface area (Å²) in [5, 5.41) is 9.79. The predicted molar refractivity (Wildman–Crippen MR) is 64.7 cm³/mol. The second-order valence-corrected chi connectivity index (χ2v) is 7.06. The number of rotatable bonds is 3. The topological polar surface area (TPSA) is 66.8 Å². The summed E-state index contributed by atoms with van der Waals surface area (Å²) < 4.78 is 28.5. The Hall–Kier alpha value is -0.170. The van der Waals surface area contributed by atoms with Crippen LogP contribution in [0.25, 0.3) is 0 Å². The Morgan fingerprint density at radius 2 is 1.94 bits per heavy atom. The molecule has 2 aliphatic rings. The average Bonchev–Trinajstić information content (AvgIpc) is 2.54. The summed E-state index contributed by atoms with van der Waals surface area (Å²) in [7, 11) is -3.04. The summed E-state index contributed by atoms with van der Waals surface area (Å²) in [6, 6.07) is -0.206. The lowest BCUT2D eigenvalue weighted by Gasteiger charge is -2.36. The molecule has 0 spiro atoms. The number of aliphatic hydroxyl groups excluding tert-OH is 1. The molecule has 100 valence electrons. The van der Waals surface area contributed by atoms with Gasteiger partial charge in [0.15, 0.2) is 9.84 Å². The number of hydrogen-bond acceptors (Lipinski definition) is 5. The second kappa shape index (κ2) is 5.22. The Morgan fingerprint density at radius 1 is 1.29 bits per heavy atom. The van der Waals surface area contributed by atoms with E-state index in [1.54, 1.807) is 0 Å². The molecule has 0 aromatic rings. The van der Waals surface area contributed by atoms with Gasteiger partial charge in [-0.25, -0.2) is 8.42 Å². The minimum atomic E-state index is -3.04. The van der Waals surface area contributed by atoms with Gasteiger partial charge in [0.1, 0.15) is 0 Å². The SMILES string of the molecule is CCOC1CCN([C@@H]2CS(=O)(=O)C[C@H]2O)CC1. The van der Waals surface area contributed by atoms with Crippen LogP contribution in [-0.2, 0) is 14.6 Å². The highest BCUT2D eigenvalue weighted by Gasteiger charge is 2.40. The third-order valence-corrected chi connectivity index (χ3v) is 5.34. The van der Waals surface area contributed by atoms with Crippen LogP contribution in [0, 0.1) is 0 Å². The van der Waals surface area contributed by atoms with Crippen LogP contribution in [0.1, 0.15) is 19.8 Å². The molecule has 2 saturated heterocycles. The Bertz CT molecular complexity index is 348. The van der Waals surface area contributed by atoms with E-state index in [0.29, 0.717) is 6.10 Å². The maximum absolute atomic E-state index is 11.4. The highest BCUT2D eigenvalue weighted by molar-refractivity contribution is 7.91. The molecule has 0 saturated carbocycles. The summed E-state index contributed by atoms with van der Waals surface area (Å²) >= 11 is 0. The van der Waals surface area contributed by atoms with Gasteiger partial charge in [-0.2, -0.15) is 0 Å². The van der Waals surface area contributed by atoms with E-state index in [1.807, 2.05) is 6.92 Å². The molecule has 0 amide bonds. The predicted octanol–water partition coefficient (Wildman–Crippen LogP) is -0.355. The number of nitrogens with zero attached hydrogens (tertiary/aromatic N) is 1. The van der Waals surface area contributed by atoms with Crippen LogP contribution in [0.15, 0.2) is 0 Å². The monoisotopic (exact) mass is 263 g/mol. The minimum absolute atomic E-state index is 0.0803. The van der Waals surface area contributed by atoms with E-state index in [-0.39, 0.29) is 17.5 Å². The zero-order valence-corrected chi connectivity index (χ0v) is 11.0. The van der Waals surface area contributed by atoms with E-state index in [2.05, 4.69) is 4.90 Å². The summed E-state index contributed by atoms with van der Waals surface area (Å²) in [5.74, 6) is 0.0243. The molecule has 2 atom stereocenters. The van der Waals surface area contributed by atoms with Gasteiger partial charge in [-0.05, 0) is 19.8 Å². The molecule has 0 bridgehead atoms. The third-order valence-electron chi connectivity index (χ3n) is 3.64. The van der Waals surface area contributed by atoms with Crippen molar-refractivity contribution in [3.63, 3.8) is 0 Å². The molecule has 17 heavy (non-hydrogen) atoms. The summed E-state index contributed by atoms with van der Waals surface area (Å²) in [5.41, 5.74) is 0. The lowest BCUT2D eigenvalue weighted by Crippen LogP contribution is -2.48. The van der Waals surface area contributed by atoms with Crippen molar-refractivity contribution in [2.45, 2.75) is 38.0 Å². The zero-order chi connectivity index (χ0) is 12.5. The van der Waals surface area contributed by atoms with Crippen LogP contribution in [0.3, 0.4) is 0 Å². The quantitative estimate of drug-likeness (QED) is 0.753. The standard InChI is InChI=1S/C11H21NO4S/c1-2-16-9-3-5-12(6-4-9)10-7-17(14,15)8-11(10)13/h9-11,13H,2-8H2,1H3/t10-,11-/m1/s1. The number of hydrogen-bond donors (Lipinski definition) is 1. The van der Waals surface area contributed by atoms with Crippen LogP contribution in [0.5, 0.6) is 0 Å². The fraction of sp³-hybridized carbons (Fsp3) is 1.00. The van der Waals surface area contributed by atoms with Gasteiger partial charge in [-0.15, -0.1) is 0 Å². The Kier molecular flexibility index (Phi) is 4.07. The third kappa shape index (κ3) is 3.19. The van der Waals surface area contributed by atoms with Gasteiger partial charge in [0.05, 0.1) is 29.8 Å². The van der Waals surface area contributed by atoms with Gasteiger partial charge >= 0.3 is 0 Å². The summed E-state index contributed by atoms with van der Waals surface area (Å²) in [6.07, 6.45) is 1.43. The van der Waals surface area contributed by atoms with Crippen molar-refractivity contribution in [2.75, 3.05) is 31.2 Å². The van der Waals surface area contributed by atoms with Gasteiger partial charge < -0.3 is 9.84 Å². The minimum Gasteiger partial charge on any atom is -0.390 e. The fourth-order valence-corrected chi connectivity index (χ4v) is 4.60. The average molecular weight is 263 g/mol. The molecule has 0 radical (unpaired) electrons. The van der Waals surface area contributed by atoms with Crippen LogP contribution in [0.4, 0.5) is 0 Å². The van der Waals surface area contributed by atoms with E-state index in [9.17, 15) is 13.5 Å². The molecular formula is C11H21NO4S. The highest BCUT2D eigenvalue weighted by atomic mass is 32.2. The molecule has 6 heteroatoms. The summed E-state index contributed by atoms with van der Waals surface area (Å²) in [4.78, 5) is 2.10. The maximum atomic E-state index is 11.4. The van der Waals surface area contributed by atoms with Crippen LogP contribution in [0.2, 0.25) is 0 Å². The Morgan fingerprint density at radius 3 is 2.41 bits per heavy atom. The molecule has 0 aromatic heterocycles. The number of likely N-dealkylation sites (tertiary alicyclic amines) is 1. The van der Waals surface area contributed by atoms with Gasteiger partial charge in [0.25, 0.3) is 0 Å². The van der Waals surface area contributed by atoms with Crippen molar-refractivity contribution < 1.29 is 18.3 Å². The van der Waals surface area contributed by atoms with Crippen molar-refractivity contribution in [3.8, 4) is 0 Å². The molecule has 2 rings (SSSR count). The highest BCUT2D eigenvalue weighted by Crippen LogP contribution is 2.23. The second-order valence-electron chi connectivity index (χ2n) is 4.90. The van der Waals surface area contributed by atoms with Gasteiger partial charge in [-0.1, -0.05) is 0 Å². The molecule has 0 unspecified atom stereocenters. The first-order chi connectivity index (χ1) is 8.02. The number of piperidine rings is 1. The maximum Gasteiger partial charge on any atom is 0.154 e. The Labute approximate surface area is 103 Å². The van der Waals surface area contributed by atoms with Crippen molar-refractivity contribution in [3.05, 3.63) is 0 Å². The van der Waals surface area contributed by atoms with E-state index in [1.165, 1.54) is 0 Å². The van der Waals surface area contributed by atoms with Gasteiger partial charge in [0, 0.05) is 19.7 Å². The van der Waals surface area contributed by atoms with Gasteiger partial charge in [0.2, 0.25) is 0 Å². The number of aliphatic hydroxyl groups is 1.